The second-order valence-corrected chi connectivity index (χ2v) is 8.39. The van der Waals surface area contributed by atoms with E-state index >= 15 is 0 Å². The van der Waals surface area contributed by atoms with Gasteiger partial charge in [-0.1, -0.05) is 91.0 Å². The third kappa shape index (κ3) is 3.19. The van der Waals surface area contributed by atoms with Gasteiger partial charge < -0.3 is 4.57 Å². The molecule has 162 valence electrons. The minimum Gasteiger partial charge on any atom is -0.308 e. The zero-order valence-electron chi connectivity index (χ0n) is 18.8. The van der Waals surface area contributed by atoms with Crippen LogP contribution < -0.4 is 0 Å². The standard InChI is InChI=1S/C32H19N3/c33-20-23-12-8-13-24(21-34)31(23)28-17-9-16-27-26-15-5-7-19-30(26)35(32(27)28)29-18-6-4-14-25(29)22-10-2-1-3-11-22/h1-19H. The smallest absolute Gasteiger partial charge is 0.0998 e. The number of aromatic nitrogens is 1. The Bertz CT molecular complexity index is 1780. The van der Waals surface area contributed by atoms with Crippen molar-refractivity contribution in [1.29, 1.82) is 10.5 Å². The van der Waals surface area contributed by atoms with E-state index in [9.17, 15) is 10.5 Å². The lowest BCUT2D eigenvalue weighted by Gasteiger charge is -2.16. The van der Waals surface area contributed by atoms with Gasteiger partial charge in [-0.3, -0.25) is 0 Å². The average molecular weight is 446 g/mol. The van der Waals surface area contributed by atoms with Crippen LogP contribution in [0.5, 0.6) is 0 Å². The van der Waals surface area contributed by atoms with Gasteiger partial charge >= 0.3 is 0 Å². The Hall–Kier alpha value is -5.12. The molecule has 0 fully saturated rings. The minimum atomic E-state index is 0.490. The molecule has 0 radical (unpaired) electrons. The Balaban J connectivity index is 1.81. The molecule has 0 atom stereocenters. The van der Waals surface area contributed by atoms with Gasteiger partial charge in [-0.2, -0.15) is 10.5 Å². The molecule has 0 saturated heterocycles. The van der Waals surface area contributed by atoms with Crippen LogP contribution in [-0.4, -0.2) is 4.57 Å². The zero-order valence-corrected chi connectivity index (χ0v) is 18.8. The molecule has 5 aromatic carbocycles. The topological polar surface area (TPSA) is 52.5 Å². The molecule has 1 heterocycles. The molecule has 0 unspecified atom stereocenters. The summed E-state index contributed by atoms with van der Waals surface area (Å²) < 4.78 is 2.28. The molecule has 1 aromatic heterocycles. The van der Waals surface area contributed by atoms with E-state index in [0.717, 1.165) is 44.2 Å². The molecule has 6 aromatic rings. The first-order valence-electron chi connectivity index (χ1n) is 11.4. The van der Waals surface area contributed by atoms with Crippen molar-refractivity contribution in [3.8, 4) is 40.1 Å². The maximum atomic E-state index is 9.92. The van der Waals surface area contributed by atoms with Gasteiger partial charge in [0, 0.05) is 27.5 Å². The Labute approximate surface area is 203 Å². The first-order chi connectivity index (χ1) is 17.3. The normalized spacial score (nSPS) is 10.8. The molecular weight excluding hydrogens is 426 g/mol. The first kappa shape index (κ1) is 20.5. The fourth-order valence-corrected chi connectivity index (χ4v) is 5.03. The van der Waals surface area contributed by atoms with Gasteiger partial charge in [-0.05, 0) is 29.8 Å². The quantitative estimate of drug-likeness (QED) is 0.278. The highest BCUT2D eigenvalue weighted by Crippen LogP contribution is 2.41. The predicted octanol–water partition coefficient (Wildman–Crippen LogP) is 7.86. The van der Waals surface area contributed by atoms with Crippen LogP contribution in [0.3, 0.4) is 0 Å². The van der Waals surface area contributed by atoms with E-state index in [1.165, 1.54) is 0 Å². The van der Waals surface area contributed by atoms with Crippen LogP contribution in [0.2, 0.25) is 0 Å². The third-order valence-corrected chi connectivity index (χ3v) is 6.50. The number of hydrogen-bond donors (Lipinski definition) is 0. The monoisotopic (exact) mass is 445 g/mol. The van der Waals surface area contributed by atoms with E-state index in [0.29, 0.717) is 16.7 Å². The Morgan fingerprint density at radius 3 is 1.89 bits per heavy atom. The molecule has 3 nitrogen and oxygen atoms in total. The zero-order chi connectivity index (χ0) is 23.8. The number of rotatable bonds is 3. The van der Waals surface area contributed by atoms with Crippen LogP contribution in [0.4, 0.5) is 0 Å². The number of fused-ring (bicyclic) bond motifs is 3. The summed E-state index contributed by atoms with van der Waals surface area (Å²) in [5.41, 5.74) is 7.86. The van der Waals surface area contributed by atoms with Gasteiger partial charge in [0.25, 0.3) is 0 Å². The molecule has 0 bridgehead atoms. The van der Waals surface area contributed by atoms with E-state index in [2.05, 4.69) is 71.3 Å². The second-order valence-electron chi connectivity index (χ2n) is 8.39. The van der Waals surface area contributed by atoms with Gasteiger partial charge in [0.1, 0.15) is 0 Å². The lowest BCUT2D eigenvalue weighted by molar-refractivity contribution is 1.18. The van der Waals surface area contributed by atoms with E-state index in [-0.39, 0.29) is 0 Å². The number of para-hydroxylation sites is 3. The molecule has 0 saturated carbocycles. The molecule has 0 spiro atoms. The van der Waals surface area contributed by atoms with E-state index in [1.807, 2.05) is 42.5 Å². The van der Waals surface area contributed by atoms with Crippen LogP contribution in [0, 0.1) is 22.7 Å². The summed E-state index contributed by atoms with van der Waals surface area (Å²) in [5, 5.41) is 22.1. The highest BCUT2D eigenvalue weighted by atomic mass is 15.0. The van der Waals surface area contributed by atoms with E-state index < -0.39 is 0 Å². The Morgan fingerprint density at radius 1 is 0.514 bits per heavy atom. The molecule has 3 heteroatoms. The van der Waals surface area contributed by atoms with Gasteiger partial charge in [-0.25, -0.2) is 0 Å². The summed E-state index contributed by atoms with van der Waals surface area (Å²) in [6, 6.07) is 43.1. The minimum absolute atomic E-state index is 0.490. The summed E-state index contributed by atoms with van der Waals surface area (Å²) >= 11 is 0. The maximum absolute atomic E-state index is 9.92. The molecule has 6 rings (SSSR count). The van der Waals surface area contributed by atoms with Gasteiger partial charge in [0.15, 0.2) is 0 Å². The summed E-state index contributed by atoms with van der Waals surface area (Å²) in [6.07, 6.45) is 0. The van der Waals surface area contributed by atoms with Crippen molar-refractivity contribution in [3.05, 3.63) is 126 Å². The average Bonchev–Trinajstić information content (AvgIpc) is 3.27. The molecular formula is C32H19N3. The fourth-order valence-electron chi connectivity index (χ4n) is 5.03. The summed E-state index contributed by atoms with van der Waals surface area (Å²) in [5.74, 6) is 0. The maximum Gasteiger partial charge on any atom is 0.0998 e. The highest BCUT2D eigenvalue weighted by molar-refractivity contribution is 6.14. The highest BCUT2D eigenvalue weighted by Gasteiger charge is 2.21. The van der Waals surface area contributed by atoms with Crippen molar-refractivity contribution in [3.63, 3.8) is 0 Å². The van der Waals surface area contributed by atoms with Crippen LogP contribution in [0.15, 0.2) is 115 Å². The molecule has 0 N–H and O–H groups in total. The lowest BCUT2D eigenvalue weighted by atomic mass is 9.93. The van der Waals surface area contributed by atoms with Gasteiger partial charge in [-0.15, -0.1) is 0 Å². The van der Waals surface area contributed by atoms with E-state index in [4.69, 9.17) is 0 Å². The molecule has 0 aliphatic heterocycles. The van der Waals surface area contributed by atoms with Crippen LogP contribution >= 0.6 is 0 Å². The number of benzene rings is 5. The molecule has 0 amide bonds. The van der Waals surface area contributed by atoms with Crippen molar-refractivity contribution in [2.24, 2.45) is 0 Å². The third-order valence-electron chi connectivity index (χ3n) is 6.50. The first-order valence-corrected chi connectivity index (χ1v) is 11.4. The SMILES string of the molecule is N#Cc1cccc(C#N)c1-c1cccc2c3ccccc3n(-c3ccccc3-c3ccccc3)c12. The lowest BCUT2D eigenvalue weighted by Crippen LogP contribution is -1.99. The summed E-state index contributed by atoms with van der Waals surface area (Å²) in [7, 11) is 0. The predicted molar refractivity (Wildman–Crippen MR) is 141 cm³/mol. The summed E-state index contributed by atoms with van der Waals surface area (Å²) in [4.78, 5) is 0. The van der Waals surface area contributed by atoms with Gasteiger partial charge in [0.05, 0.1) is 40.0 Å². The Morgan fingerprint density at radius 2 is 1.11 bits per heavy atom. The second kappa shape index (κ2) is 8.34. The summed E-state index contributed by atoms with van der Waals surface area (Å²) in [6.45, 7) is 0. The largest absolute Gasteiger partial charge is 0.308 e. The molecule has 35 heavy (non-hydrogen) atoms. The van der Waals surface area contributed by atoms with Crippen molar-refractivity contribution in [2.45, 2.75) is 0 Å². The van der Waals surface area contributed by atoms with Crippen molar-refractivity contribution in [2.75, 3.05) is 0 Å². The number of hydrogen-bond acceptors (Lipinski definition) is 2. The van der Waals surface area contributed by atoms with Gasteiger partial charge in [0.2, 0.25) is 0 Å². The molecule has 0 aliphatic rings. The number of nitriles is 2. The molecule has 0 aliphatic carbocycles. The van der Waals surface area contributed by atoms with Crippen LogP contribution in [-0.2, 0) is 0 Å². The van der Waals surface area contributed by atoms with Crippen LogP contribution in [0.1, 0.15) is 11.1 Å². The van der Waals surface area contributed by atoms with Crippen molar-refractivity contribution in [1.82, 2.24) is 4.57 Å². The van der Waals surface area contributed by atoms with E-state index in [1.54, 1.807) is 18.2 Å². The fraction of sp³-hybridized carbons (Fsp3) is 0. The van der Waals surface area contributed by atoms with Crippen molar-refractivity contribution < 1.29 is 0 Å². The number of nitrogens with zero attached hydrogens (tertiary/aromatic N) is 3. The van der Waals surface area contributed by atoms with Crippen LogP contribution in [0.25, 0.3) is 49.7 Å². The Kier molecular flexibility index (Phi) is 4.88. The van der Waals surface area contributed by atoms with Crippen molar-refractivity contribution >= 4 is 21.8 Å².